The van der Waals surface area contributed by atoms with Gasteiger partial charge in [0, 0.05) is 25.2 Å². The van der Waals surface area contributed by atoms with Gasteiger partial charge in [0.1, 0.15) is 0 Å². The van der Waals surface area contributed by atoms with Crippen LogP contribution in [0.4, 0.5) is 0 Å². The van der Waals surface area contributed by atoms with Crippen LogP contribution in [0.3, 0.4) is 0 Å². The molecule has 1 saturated carbocycles. The van der Waals surface area contributed by atoms with Gasteiger partial charge in [-0.05, 0) is 44.7 Å². The second-order valence-electron chi connectivity index (χ2n) is 6.92. The minimum absolute atomic E-state index is 0.353. The van der Waals surface area contributed by atoms with E-state index >= 15 is 0 Å². The van der Waals surface area contributed by atoms with E-state index in [0.29, 0.717) is 17.6 Å². The van der Waals surface area contributed by atoms with Crippen LogP contribution in [0.2, 0.25) is 0 Å². The third-order valence-corrected chi connectivity index (χ3v) is 4.46. The molecular weight excluding hydrogens is 224 g/mol. The van der Waals surface area contributed by atoms with Gasteiger partial charge in [0.2, 0.25) is 0 Å². The highest BCUT2D eigenvalue weighted by atomic mass is 16.5. The molecule has 0 amide bonds. The summed E-state index contributed by atoms with van der Waals surface area (Å²) in [5.41, 5.74) is 0.353. The quantitative estimate of drug-likeness (QED) is 0.836. The Hall–Kier alpha value is -0.120. The molecule has 2 fully saturated rings. The Kier molecular flexibility index (Phi) is 4.68. The third-order valence-electron chi connectivity index (χ3n) is 4.46. The maximum Gasteiger partial charge on any atom is 0.0604 e. The summed E-state index contributed by atoms with van der Waals surface area (Å²) in [5.74, 6) is 0. The van der Waals surface area contributed by atoms with E-state index in [2.05, 4.69) is 37.9 Å². The van der Waals surface area contributed by atoms with E-state index in [4.69, 9.17) is 4.74 Å². The molecule has 3 nitrogen and oxygen atoms in total. The van der Waals surface area contributed by atoms with Crippen molar-refractivity contribution in [2.45, 2.75) is 65.1 Å². The van der Waals surface area contributed by atoms with Crippen molar-refractivity contribution in [1.29, 1.82) is 0 Å². The molecular formula is C15H30N2O. The van der Waals surface area contributed by atoms with Gasteiger partial charge in [-0.15, -0.1) is 0 Å². The first kappa shape index (κ1) is 14.3. The number of hydrogen-bond acceptors (Lipinski definition) is 3. The van der Waals surface area contributed by atoms with Crippen LogP contribution in [0.25, 0.3) is 0 Å². The molecule has 2 rings (SSSR count). The SMILES string of the molecule is CCOC1CC(N2CCCNC(C(C)(C)C)C2)C1. The Balaban J connectivity index is 1.85. The van der Waals surface area contributed by atoms with Crippen molar-refractivity contribution in [3.8, 4) is 0 Å². The minimum atomic E-state index is 0.353. The van der Waals surface area contributed by atoms with Crippen molar-refractivity contribution in [3.05, 3.63) is 0 Å². The zero-order chi connectivity index (χ0) is 13.2. The second kappa shape index (κ2) is 5.89. The number of ether oxygens (including phenoxy) is 1. The predicted octanol–water partition coefficient (Wildman–Crippen LogP) is 2.26. The molecule has 0 radical (unpaired) electrons. The van der Waals surface area contributed by atoms with Gasteiger partial charge >= 0.3 is 0 Å². The summed E-state index contributed by atoms with van der Waals surface area (Å²) in [4.78, 5) is 2.70. The highest BCUT2D eigenvalue weighted by Gasteiger charge is 2.37. The molecule has 1 aliphatic carbocycles. The van der Waals surface area contributed by atoms with Crippen LogP contribution in [0, 0.1) is 5.41 Å². The van der Waals surface area contributed by atoms with Crippen molar-refractivity contribution in [2.75, 3.05) is 26.2 Å². The van der Waals surface area contributed by atoms with E-state index in [1.807, 2.05) is 0 Å². The molecule has 1 saturated heterocycles. The molecule has 1 unspecified atom stereocenters. The normalized spacial score (nSPS) is 35.0. The average Bonchev–Trinajstić information content (AvgIpc) is 2.47. The van der Waals surface area contributed by atoms with E-state index < -0.39 is 0 Å². The lowest BCUT2D eigenvalue weighted by molar-refractivity contribution is -0.0485. The van der Waals surface area contributed by atoms with Gasteiger partial charge in [-0.25, -0.2) is 0 Å². The molecule has 1 atom stereocenters. The molecule has 2 aliphatic rings. The van der Waals surface area contributed by atoms with Gasteiger partial charge in [-0.3, -0.25) is 4.90 Å². The van der Waals surface area contributed by atoms with E-state index in [9.17, 15) is 0 Å². The topological polar surface area (TPSA) is 24.5 Å². The predicted molar refractivity (Wildman–Crippen MR) is 75.9 cm³/mol. The molecule has 0 aromatic heterocycles. The van der Waals surface area contributed by atoms with Crippen molar-refractivity contribution >= 4 is 0 Å². The van der Waals surface area contributed by atoms with E-state index in [1.165, 1.54) is 38.9 Å². The summed E-state index contributed by atoms with van der Waals surface area (Å²) in [7, 11) is 0. The smallest absolute Gasteiger partial charge is 0.0604 e. The molecule has 106 valence electrons. The summed E-state index contributed by atoms with van der Waals surface area (Å²) in [5, 5.41) is 3.72. The van der Waals surface area contributed by atoms with Crippen molar-refractivity contribution in [3.63, 3.8) is 0 Å². The summed E-state index contributed by atoms with van der Waals surface area (Å²) >= 11 is 0. The summed E-state index contributed by atoms with van der Waals surface area (Å²) in [6, 6.07) is 1.39. The van der Waals surface area contributed by atoms with Gasteiger partial charge in [-0.2, -0.15) is 0 Å². The lowest BCUT2D eigenvalue weighted by atomic mass is 9.84. The van der Waals surface area contributed by atoms with Crippen LogP contribution in [0.1, 0.15) is 47.0 Å². The van der Waals surface area contributed by atoms with Crippen molar-refractivity contribution in [2.24, 2.45) is 5.41 Å². The van der Waals surface area contributed by atoms with Gasteiger partial charge in [-0.1, -0.05) is 20.8 Å². The third kappa shape index (κ3) is 3.46. The molecule has 1 aliphatic heterocycles. The van der Waals surface area contributed by atoms with Crippen LogP contribution in [-0.4, -0.2) is 49.3 Å². The number of nitrogens with zero attached hydrogens (tertiary/aromatic N) is 1. The maximum absolute atomic E-state index is 5.68. The van der Waals surface area contributed by atoms with Gasteiger partial charge < -0.3 is 10.1 Å². The van der Waals surface area contributed by atoms with Gasteiger partial charge in [0.25, 0.3) is 0 Å². The first-order chi connectivity index (χ1) is 8.50. The lowest BCUT2D eigenvalue weighted by Gasteiger charge is -2.44. The molecule has 0 aromatic carbocycles. The lowest BCUT2D eigenvalue weighted by Crippen LogP contribution is -2.53. The van der Waals surface area contributed by atoms with Crippen LogP contribution in [-0.2, 0) is 4.74 Å². The molecule has 3 heteroatoms. The van der Waals surface area contributed by atoms with Gasteiger partial charge in [0.15, 0.2) is 0 Å². The zero-order valence-corrected chi connectivity index (χ0v) is 12.5. The van der Waals surface area contributed by atoms with E-state index in [0.717, 1.165) is 12.6 Å². The zero-order valence-electron chi connectivity index (χ0n) is 12.5. The minimum Gasteiger partial charge on any atom is -0.378 e. The number of rotatable bonds is 3. The Morgan fingerprint density at radius 2 is 2.00 bits per heavy atom. The van der Waals surface area contributed by atoms with E-state index in [1.54, 1.807) is 0 Å². The largest absolute Gasteiger partial charge is 0.378 e. The van der Waals surface area contributed by atoms with Crippen LogP contribution in [0.5, 0.6) is 0 Å². The Morgan fingerprint density at radius 3 is 2.61 bits per heavy atom. The molecule has 1 N–H and O–H groups in total. The second-order valence-corrected chi connectivity index (χ2v) is 6.92. The van der Waals surface area contributed by atoms with Crippen molar-refractivity contribution < 1.29 is 4.74 Å². The Bertz CT molecular complexity index is 256. The molecule has 0 spiro atoms. The molecule has 0 bridgehead atoms. The molecule has 1 heterocycles. The first-order valence-corrected chi connectivity index (χ1v) is 7.59. The number of hydrogen-bond donors (Lipinski definition) is 1. The summed E-state index contributed by atoms with van der Waals surface area (Å²) < 4.78 is 5.68. The fourth-order valence-corrected chi connectivity index (χ4v) is 3.07. The summed E-state index contributed by atoms with van der Waals surface area (Å²) in [6.45, 7) is 13.6. The Labute approximate surface area is 112 Å². The molecule has 0 aromatic rings. The van der Waals surface area contributed by atoms with Crippen LogP contribution >= 0.6 is 0 Å². The highest BCUT2D eigenvalue weighted by molar-refractivity contribution is 4.93. The maximum atomic E-state index is 5.68. The number of nitrogens with one attached hydrogen (secondary N) is 1. The summed E-state index contributed by atoms with van der Waals surface area (Å²) in [6.07, 6.45) is 4.29. The molecule has 18 heavy (non-hydrogen) atoms. The van der Waals surface area contributed by atoms with E-state index in [-0.39, 0.29) is 0 Å². The first-order valence-electron chi connectivity index (χ1n) is 7.59. The average molecular weight is 254 g/mol. The monoisotopic (exact) mass is 254 g/mol. The van der Waals surface area contributed by atoms with Crippen molar-refractivity contribution in [1.82, 2.24) is 10.2 Å². The van der Waals surface area contributed by atoms with Gasteiger partial charge in [0.05, 0.1) is 6.10 Å². The highest BCUT2D eigenvalue weighted by Crippen LogP contribution is 2.31. The van der Waals surface area contributed by atoms with Crippen LogP contribution in [0.15, 0.2) is 0 Å². The standard InChI is InChI=1S/C15H30N2O/c1-5-18-13-9-12(10-13)17-8-6-7-16-14(11-17)15(2,3)4/h12-14,16H,5-11H2,1-4H3. The fourth-order valence-electron chi connectivity index (χ4n) is 3.07. The Morgan fingerprint density at radius 1 is 1.28 bits per heavy atom. The van der Waals surface area contributed by atoms with Crippen LogP contribution < -0.4 is 5.32 Å². The fraction of sp³-hybridized carbons (Fsp3) is 1.00.